The van der Waals surface area contributed by atoms with Gasteiger partial charge in [-0.2, -0.15) is 0 Å². The molecule has 2 atom stereocenters. The molecule has 0 aliphatic carbocycles. The molecule has 4 heterocycles. The molecule has 2 saturated heterocycles. The summed E-state index contributed by atoms with van der Waals surface area (Å²) in [7, 11) is 1.95. The normalized spacial score (nSPS) is 21.5. The summed E-state index contributed by atoms with van der Waals surface area (Å²) < 4.78 is 1.92. The Morgan fingerprint density at radius 1 is 1.07 bits per heavy atom. The number of hydrogen-bond donors (Lipinski definition) is 0. The molecular weight excluding hydrogens is 352 g/mol. The maximum absolute atomic E-state index is 12.8. The van der Waals surface area contributed by atoms with Gasteiger partial charge in [0.2, 0.25) is 5.91 Å². The van der Waals surface area contributed by atoms with E-state index in [4.69, 9.17) is 0 Å². The molecule has 0 spiro atoms. The Bertz CT molecular complexity index is 1030. The van der Waals surface area contributed by atoms with Crippen LogP contribution in [-0.2, 0) is 18.3 Å². The Morgan fingerprint density at radius 2 is 1.82 bits per heavy atom. The average Bonchev–Trinajstić information content (AvgIpc) is 3.37. The van der Waals surface area contributed by atoms with Crippen LogP contribution in [0.4, 0.5) is 5.82 Å². The highest BCUT2D eigenvalue weighted by Gasteiger charge is 2.42. The van der Waals surface area contributed by atoms with E-state index in [1.165, 1.54) is 5.56 Å². The van der Waals surface area contributed by atoms with Gasteiger partial charge in [0.25, 0.3) is 0 Å². The van der Waals surface area contributed by atoms with Crippen LogP contribution in [-0.4, -0.2) is 56.5 Å². The summed E-state index contributed by atoms with van der Waals surface area (Å²) >= 11 is 0. The van der Waals surface area contributed by atoms with Gasteiger partial charge in [0.1, 0.15) is 6.33 Å². The molecule has 28 heavy (non-hydrogen) atoms. The molecule has 2 aliphatic rings. The Hall–Kier alpha value is -2.96. The summed E-state index contributed by atoms with van der Waals surface area (Å²) in [6, 6.07) is 8.15. The number of rotatable bonds is 3. The number of likely N-dealkylation sites (tertiary alicyclic amines) is 1. The molecule has 2 aliphatic heterocycles. The standard InChI is InChI=1S/C21H24N6O/c1-14-5-3-4-6-15(14)7-18(28)26-8-16-10-27(11-17(16)9-26)21-19-20(22-12-23-21)25(2)13-24-19/h3-6,12-13,16-17H,7-11H2,1-2H3. The molecule has 144 valence electrons. The minimum absolute atomic E-state index is 0.240. The molecule has 7 nitrogen and oxygen atoms in total. The van der Waals surface area contributed by atoms with Crippen molar-refractivity contribution in [3.63, 3.8) is 0 Å². The van der Waals surface area contributed by atoms with Crippen molar-refractivity contribution >= 4 is 22.9 Å². The van der Waals surface area contributed by atoms with Crippen LogP contribution in [0, 0.1) is 18.8 Å². The van der Waals surface area contributed by atoms with Gasteiger partial charge in [-0.05, 0) is 18.1 Å². The third-order valence-corrected chi connectivity index (χ3v) is 6.22. The van der Waals surface area contributed by atoms with Crippen LogP contribution in [0.2, 0.25) is 0 Å². The van der Waals surface area contributed by atoms with Crippen molar-refractivity contribution in [2.75, 3.05) is 31.1 Å². The van der Waals surface area contributed by atoms with Crippen molar-refractivity contribution in [1.29, 1.82) is 0 Å². The number of nitrogens with zero attached hydrogens (tertiary/aromatic N) is 6. The van der Waals surface area contributed by atoms with E-state index in [-0.39, 0.29) is 5.91 Å². The minimum Gasteiger partial charge on any atom is -0.354 e. The van der Waals surface area contributed by atoms with E-state index in [1.807, 2.05) is 23.7 Å². The van der Waals surface area contributed by atoms with E-state index in [1.54, 1.807) is 12.7 Å². The fourth-order valence-electron chi connectivity index (χ4n) is 4.62. The van der Waals surface area contributed by atoms with E-state index in [0.29, 0.717) is 18.3 Å². The molecule has 2 fully saturated rings. The zero-order valence-corrected chi connectivity index (χ0v) is 16.2. The van der Waals surface area contributed by atoms with Gasteiger partial charge in [0, 0.05) is 45.1 Å². The van der Waals surface area contributed by atoms with Gasteiger partial charge in [-0.3, -0.25) is 4.79 Å². The summed E-state index contributed by atoms with van der Waals surface area (Å²) in [6.07, 6.45) is 3.90. The lowest BCUT2D eigenvalue weighted by atomic mass is 10.0. The highest BCUT2D eigenvalue weighted by atomic mass is 16.2. The van der Waals surface area contributed by atoms with Gasteiger partial charge in [0.05, 0.1) is 12.7 Å². The topological polar surface area (TPSA) is 67.2 Å². The van der Waals surface area contributed by atoms with Crippen molar-refractivity contribution in [2.24, 2.45) is 18.9 Å². The second-order valence-electron chi connectivity index (χ2n) is 8.05. The first-order valence-electron chi connectivity index (χ1n) is 9.79. The van der Waals surface area contributed by atoms with E-state index in [0.717, 1.165) is 48.7 Å². The third kappa shape index (κ3) is 2.82. The molecule has 0 N–H and O–H groups in total. The molecule has 0 saturated carbocycles. The van der Waals surface area contributed by atoms with Crippen LogP contribution in [0.3, 0.4) is 0 Å². The average molecular weight is 376 g/mol. The molecule has 1 amide bonds. The van der Waals surface area contributed by atoms with Crippen LogP contribution in [0.1, 0.15) is 11.1 Å². The highest BCUT2D eigenvalue weighted by molar-refractivity contribution is 5.83. The Morgan fingerprint density at radius 3 is 2.57 bits per heavy atom. The second-order valence-corrected chi connectivity index (χ2v) is 8.05. The van der Waals surface area contributed by atoms with Gasteiger partial charge in [-0.25, -0.2) is 15.0 Å². The number of benzene rings is 1. The number of aryl methyl sites for hydroxylation is 2. The lowest BCUT2D eigenvalue weighted by Gasteiger charge is -2.23. The number of carbonyl (C=O) groups excluding carboxylic acids is 1. The van der Waals surface area contributed by atoms with E-state index in [2.05, 4.69) is 43.8 Å². The predicted molar refractivity (Wildman–Crippen MR) is 107 cm³/mol. The number of anilines is 1. The first-order chi connectivity index (χ1) is 13.6. The highest BCUT2D eigenvalue weighted by Crippen LogP contribution is 2.35. The molecule has 5 rings (SSSR count). The molecule has 2 unspecified atom stereocenters. The molecule has 2 aromatic heterocycles. The van der Waals surface area contributed by atoms with Gasteiger partial charge < -0.3 is 14.4 Å². The van der Waals surface area contributed by atoms with Crippen molar-refractivity contribution < 1.29 is 4.79 Å². The zero-order valence-electron chi connectivity index (χ0n) is 16.2. The molecular formula is C21H24N6O. The number of fused-ring (bicyclic) bond motifs is 2. The van der Waals surface area contributed by atoms with Crippen LogP contribution < -0.4 is 4.90 Å². The number of amides is 1. The summed E-state index contributed by atoms with van der Waals surface area (Å²) in [5, 5.41) is 0. The summed E-state index contributed by atoms with van der Waals surface area (Å²) in [5.74, 6) is 2.14. The van der Waals surface area contributed by atoms with Crippen molar-refractivity contribution in [3.05, 3.63) is 48.0 Å². The zero-order chi connectivity index (χ0) is 19.3. The molecule has 3 aromatic rings. The van der Waals surface area contributed by atoms with E-state index in [9.17, 15) is 4.79 Å². The Kier molecular flexibility index (Phi) is 4.03. The van der Waals surface area contributed by atoms with Crippen LogP contribution in [0.5, 0.6) is 0 Å². The van der Waals surface area contributed by atoms with Crippen LogP contribution >= 0.6 is 0 Å². The predicted octanol–water partition coefficient (Wildman–Crippen LogP) is 1.81. The van der Waals surface area contributed by atoms with Gasteiger partial charge in [-0.15, -0.1) is 0 Å². The molecule has 1 aromatic carbocycles. The minimum atomic E-state index is 0.240. The quantitative estimate of drug-likeness (QED) is 0.697. The van der Waals surface area contributed by atoms with Crippen LogP contribution in [0.25, 0.3) is 11.2 Å². The van der Waals surface area contributed by atoms with Gasteiger partial charge >= 0.3 is 0 Å². The fraction of sp³-hybridized carbons (Fsp3) is 0.429. The maximum Gasteiger partial charge on any atom is 0.227 e. The summed E-state index contributed by atoms with van der Waals surface area (Å²) in [4.78, 5) is 30.5. The monoisotopic (exact) mass is 376 g/mol. The van der Waals surface area contributed by atoms with Gasteiger partial charge in [-0.1, -0.05) is 24.3 Å². The van der Waals surface area contributed by atoms with E-state index >= 15 is 0 Å². The molecule has 0 bridgehead atoms. The SMILES string of the molecule is Cc1ccccc1CC(=O)N1CC2CN(c3ncnc4c3ncn4C)CC2C1. The molecule has 7 heteroatoms. The Labute approximate surface area is 164 Å². The number of aromatic nitrogens is 4. The smallest absolute Gasteiger partial charge is 0.227 e. The van der Waals surface area contributed by atoms with Crippen LogP contribution in [0.15, 0.2) is 36.9 Å². The number of carbonyl (C=O) groups is 1. The lowest BCUT2D eigenvalue weighted by molar-refractivity contribution is -0.129. The first-order valence-corrected chi connectivity index (χ1v) is 9.79. The second kappa shape index (κ2) is 6.58. The number of imidazole rings is 1. The molecule has 0 radical (unpaired) electrons. The Balaban J connectivity index is 1.27. The fourth-order valence-corrected chi connectivity index (χ4v) is 4.62. The first kappa shape index (κ1) is 17.2. The van der Waals surface area contributed by atoms with Crippen molar-refractivity contribution in [1.82, 2.24) is 24.4 Å². The van der Waals surface area contributed by atoms with Crippen molar-refractivity contribution in [2.45, 2.75) is 13.3 Å². The largest absolute Gasteiger partial charge is 0.354 e. The summed E-state index contributed by atoms with van der Waals surface area (Å²) in [5.41, 5.74) is 4.03. The van der Waals surface area contributed by atoms with Crippen molar-refractivity contribution in [3.8, 4) is 0 Å². The maximum atomic E-state index is 12.8. The third-order valence-electron chi connectivity index (χ3n) is 6.22. The van der Waals surface area contributed by atoms with E-state index < -0.39 is 0 Å². The summed E-state index contributed by atoms with van der Waals surface area (Å²) in [6.45, 7) is 5.58. The number of hydrogen-bond acceptors (Lipinski definition) is 5. The lowest BCUT2D eigenvalue weighted by Crippen LogP contribution is -2.34. The van der Waals surface area contributed by atoms with Gasteiger partial charge in [0.15, 0.2) is 17.0 Å².